The van der Waals surface area contributed by atoms with Crippen LogP contribution in [0.4, 0.5) is 4.79 Å². The van der Waals surface area contributed by atoms with Crippen LogP contribution in [0.5, 0.6) is 0 Å². The van der Waals surface area contributed by atoms with Gasteiger partial charge >= 0.3 is 18.0 Å². The van der Waals surface area contributed by atoms with Crippen LogP contribution in [0.2, 0.25) is 0 Å². The third kappa shape index (κ3) is 8.49. The maximum atomic E-state index is 11.5. The number of carbonyl (C=O) groups is 3. The average Bonchev–Trinajstić information content (AvgIpc) is 2.27. The summed E-state index contributed by atoms with van der Waals surface area (Å²) in [4.78, 5) is 32.7. The van der Waals surface area contributed by atoms with Gasteiger partial charge in [-0.2, -0.15) is 0 Å². The quantitative estimate of drug-likeness (QED) is 0.477. The van der Waals surface area contributed by atoms with Gasteiger partial charge in [0.15, 0.2) is 0 Å². The van der Waals surface area contributed by atoms with Crippen LogP contribution in [0.1, 0.15) is 32.6 Å². The highest BCUT2D eigenvalue weighted by atomic mass is 16.4. The molecule has 4 N–H and O–H groups in total. The van der Waals surface area contributed by atoms with Crippen molar-refractivity contribution in [3.05, 3.63) is 0 Å². The van der Waals surface area contributed by atoms with Crippen molar-refractivity contribution in [2.75, 3.05) is 0 Å². The predicted molar refractivity (Wildman–Crippen MR) is 67.5 cm³/mol. The Labute approximate surface area is 111 Å². The fourth-order valence-corrected chi connectivity index (χ4v) is 1.37. The Morgan fingerprint density at radius 1 is 1.26 bits per heavy atom. The van der Waals surface area contributed by atoms with Gasteiger partial charge in [-0.05, 0) is 19.8 Å². The lowest BCUT2D eigenvalue weighted by atomic mass is 10.1. The van der Waals surface area contributed by atoms with E-state index in [0.717, 1.165) is 0 Å². The fraction of sp³-hybridized carbons (Fsp3) is 0.583. The van der Waals surface area contributed by atoms with Crippen LogP contribution in [-0.4, -0.2) is 40.3 Å². The third-order valence-corrected chi connectivity index (χ3v) is 2.29. The molecule has 106 valence electrons. The molecule has 0 saturated carbocycles. The number of carboxylic acids is 2. The first kappa shape index (κ1) is 16.8. The highest BCUT2D eigenvalue weighted by Gasteiger charge is 2.20. The van der Waals surface area contributed by atoms with Crippen molar-refractivity contribution >= 4 is 18.0 Å². The zero-order valence-electron chi connectivity index (χ0n) is 10.7. The van der Waals surface area contributed by atoms with Gasteiger partial charge in [-0.1, -0.05) is 0 Å². The molecule has 0 bridgehead atoms. The first-order valence-corrected chi connectivity index (χ1v) is 5.82. The highest BCUT2D eigenvalue weighted by Crippen LogP contribution is 2.02. The lowest BCUT2D eigenvalue weighted by Gasteiger charge is -2.17. The molecule has 0 aliphatic rings. The van der Waals surface area contributed by atoms with Crippen molar-refractivity contribution in [2.24, 2.45) is 0 Å². The Morgan fingerprint density at radius 3 is 2.37 bits per heavy atom. The van der Waals surface area contributed by atoms with Gasteiger partial charge in [0.05, 0.1) is 0 Å². The normalized spacial score (nSPS) is 12.8. The van der Waals surface area contributed by atoms with E-state index in [-0.39, 0.29) is 25.3 Å². The van der Waals surface area contributed by atoms with Gasteiger partial charge < -0.3 is 20.8 Å². The lowest BCUT2D eigenvalue weighted by Crippen LogP contribution is -2.48. The van der Waals surface area contributed by atoms with Crippen LogP contribution in [-0.2, 0) is 9.59 Å². The number of hydrogen-bond acceptors (Lipinski definition) is 3. The van der Waals surface area contributed by atoms with Crippen molar-refractivity contribution in [2.45, 2.75) is 44.7 Å². The molecule has 0 saturated heterocycles. The first-order chi connectivity index (χ1) is 8.86. The zero-order valence-corrected chi connectivity index (χ0v) is 10.7. The van der Waals surface area contributed by atoms with Gasteiger partial charge in [0.2, 0.25) is 0 Å². The number of urea groups is 1. The van der Waals surface area contributed by atoms with E-state index < -0.39 is 24.0 Å². The number of amides is 2. The molecule has 0 spiro atoms. The Morgan fingerprint density at radius 2 is 1.89 bits per heavy atom. The zero-order chi connectivity index (χ0) is 14.8. The van der Waals surface area contributed by atoms with Crippen molar-refractivity contribution < 1.29 is 24.6 Å². The predicted octanol–water partition coefficient (Wildman–Crippen LogP) is 0.406. The second kappa shape index (κ2) is 8.80. The summed E-state index contributed by atoms with van der Waals surface area (Å²) in [6.07, 6.45) is 5.50. The van der Waals surface area contributed by atoms with E-state index in [1.54, 1.807) is 6.92 Å². The molecule has 0 fully saturated rings. The van der Waals surface area contributed by atoms with Crippen LogP contribution in [0.3, 0.4) is 0 Å². The summed E-state index contributed by atoms with van der Waals surface area (Å²) in [5.74, 6) is 0.165. The van der Waals surface area contributed by atoms with Crippen molar-refractivity contribution in [1.82, 2.24) is 10.6 Å². The number of terminal acetylenes is 1. The van der Waals surface area contributed by atoms with E-state index in [0.29, 0.717) is 6.42 Å². The molecule has 0 aromatic carbocycles. The van der Waals surface area contributed by atoms with Crippen molar-refractivity contribution in [3.63, 3.8) is 0 Å². The molecule has 2 amide bonds. The lowest BCUT2D eigenvalue weighted by molar-refractivity contribution is -0.140. The minimum Gasteiger partial charge on any atom is -0.481 e. The van der Waals surface area contributed by atoms with Crippen molar-refractivity contribution in [1.29, 1.82) is 0 Å². The minimum absolute atomic E-state index is 0.0541. The van der Waals surface area contributed by atoms with Crippen LogP contribution in [0, 0.1) is 12.3 Å². The van der Waals surface area contributed by atoms with Crippen LogP contribution in [0.25, 0.3) is 0 Å². The molecule has 7 heteroatoms. The molecular formula is C12H18N2O5. The number of carboxylic acid groups (broad SMARTS) is 2. The molecule has 0 aromatic heterocycles. The van der Waals surface area contributed by atoms with Crippen LogP contribution >= 0.6 is 0 Å². The van der Waals surface area contributed by atoms with E-state index in [1.165, 1.54) is 0 Å². The molecule has 1 unspecified atom stereocenters. The number of carbonyl (C=O) groups excluding carboxylic acids is 1. The summed E-state index contributed by atoms with van der Waals surface area (Å²) in [5, 5.41) is 22.1. The van der Waals surface area contributed by atoms with Crippen LogP contribution < -0.4 is 10.6 Å². The van der Waals surface area contributed by atoms with Gasteiger partial charge in [-0.25, -0.2) is 9.59 Å². The highest BCUT2D eigenvalue weighted by molar-refractivity contribution is 5.82. The fourth-order valence-electron chi connectivity index (χ4n) is 1.37. The monoisotopic (exact) mass is 270 g/mol. The molecule has 0 radical (unpaired) electrons. The van der Waals surface area contributed by atoms with Crippen molar-refractivity contribution in [3.8, 4) is 12.3 Å². The molecular weight excluding hydrogens is 252 g/mol. The Kier molecular flexibility index (Phi) is 7.77. The first-order valence-electron chi connectivity index (χ1n) is 5.82. The number of rotatable bonds is 8. The van der Waals surface area contributed by atoms with E-state index >= 15 is 0 Å². The van der Waals surface area contributed by atoms with Gasteiger partial charge in [-0.15, -0.1) is 12.3 Å². The Bertz CT molecular complexity index is 375. The second-order valence-corrected chi connectivity index (χ2v) is 4.10. The maximum absolute atomic E-state index is 11.5. The summed E-state index contributed by atoms with van der Waals surface area (Å²) >= 11 is 0. The van der Waals surface area contributed by atoms with Crippen LogP contribution in [0.15, 0.2) is 0 Å². The third-order valence-electron chi connectivity index (χ3n) is 2.29. The topological polar surface area (TPSA) is 116 Å². The maximum Gasteiger partial charge on any atom is 0.326 e. The van der Waals surface area contributed by atoms with Gasteiger partial charge in [0, 0.05) is 18.9 Å². The van der Waals surface area contributed by atoms with Gasteiger partial charge in [-0.3, -0.25) is 4.79 Å². The number of aliphatic carboxylic acids is 2. The summed E-state index contributed by atoms with van der Waals surface area (Å²) in [5.41, 5.74) is 0. The number of nitrogens with one attached hydrogen (secondary N) is 2. The standard InChI is InChI=1S/C12H18N2O5/c1-3-5-8(2)13-12(19)14-9(11(17)18)6-4-7-10(15)16/h1,8-9H,4-7H2,2H3,(H,15,16)(H,17,18)(H2,13,14,19)/t8?,9-/m1/s1. The summed E-state index contributed by atoms with van der Waals surface area (Å²) in [6.45, 7) is 1.69. The average molecular weight is 270 g/mol. The summed E-state index contributed by atoms with van der Waals surface area (Å²) < 4.78 is 0. The molecule has 19 heavy (non-hydrogen) atoms. The van der Waals surface area contributed by atoms with E-state index in [2.05, 4.69) is 16.6 Å². The molecule has 2 atom stereocenters. The van der Waals surface area contributed by atoms with Gasteiger partial charge in [0.1, 0.15) is 6.04 Å². The second-order valence-electron chi connectivity index (χ2n) is 4.10. The SMILES string of the molecule is C#CCC(C)NC(=O)N[C@H](CCCC(=O)O)C(=O)O. The summed E-state index contributed by atoms with van der Waals surface area (Å²) in [6, 6.07) is -2.01. The largest absolute Gasteiger partial charge is 0.481 e. The Balaban J connectivity index is 4.19. The van der Waals surface area contributed by atoms with E-state index in [1.807, 2.05) is 0 Å². The molecule has 0 aliphatic carbocycles. The van der Waals surface area contributed by atoms with Gasteiger partial charge in [0.25, 0.3) is 0 Å². The number of hydrogen-bond donors (Lipinski definition) is 4. The minimum atomic E-state index is -1.20. The molecule has 0 aromatic rings. The molecule has 0 rings (SSSR count). The van der Waals surface area contributed by atoms with E-state index in [4.69, 9.17) is 16.6 Å². The molecule has 7 nitrogen and oxygen atoms in total. The smallest absolute Gasteiger partial charge is 0.326 e. The molecule has 0 aliphatic heterocycles. The molecule has 0 heterocycles. The Hall–Kier alpha value is -2.23. The van der Waals surface area contributed by atoms with E-state index in [9.17, 15) is 14.4 Å². The summed E-state index contributed by atoms with van der Waals surface area (Å²) in [7, 11) is 0.